The van der Waals surface area contributed by atoms with Gasteiger partial charge in [-0.05, 0) is 54.5 Å². The van der Waals surface area contributed by atoms with Gasteiger partial charge in [-0.2, -0.15) is 13.2 Å². The maximum atomic E-state index is 12.6. The van der Waals surface area contributed by atoms with E-state index in [2.05, 4.69) is 0 Å². The lowest BCUT2D eigenvalue weighted by molar-refractivity contribution is -0.153. The van der Waals surface area contributed by atoms with Crippen molar-refractivity contribution in [3.63, 3.8) is 0 Å². The molecule has 0 aromatic heterocycles. The van der Waals surface area contributed by atoms with Gasteiger partial charge in [-0.25, -0.2) is 0 Å². The van der Waals surface area contributed by atoms with E-state index in [1.807, 2.05) is 18.4 Å². The first kappa shape index (κ1) is 19.6. The van der Waals surface area contributed by atoms with Crippen molar-refractivity contribution in [2.24, 2.45) is 0 Å². The Balaban J connectivity index is 2.04. The summed E-state index contributed by atoms with van der Waals surface area (Å²) in [5.74, 6) is -0.811. The van der Waals surface area contributed by atoms with Crippen molar-refractivity contribution in [1.82, 2.24) is 0 Å². The van der Waals surface area contributed by atoms with Crippen LogP contribution in [-0.2, 0) is 10.2 Å². The number of hydrogen-bond acceptors (Lipinski definition) is 3. The maximum Gasteiger partial charge on any atom is 0.422 e. The van der Waals surface area contributed by atoms with Gasteiger partial charge in [0.05, 0.1) is 5.41 Å². The Kier molecular flexibility index (Phi) is 5.42. The average molecular weight is 396 g/mol. The van der Waals surface area contributed by atoms with Gasteiger partial charge in [-0.15, -0.1) is 11.8 Å². The summed E-state index contributed by atoms with van der Waals surface area (Å²) in [4.78, 5) is 12.8. The number of carboxylic acid groups (broad SMARTS) is 1. The number of halogens is 3. The predicted octanol–water partition coefficient (Wildman–Crippen LogP) is 5.52. The van der Waals surface area contributed by atoms with Gasteiger partial charge >= 0.3 is 12.1 Å². The molecule has 2 aromatic rings. The predicted molar refractivity (Wildman–Crippen MR) is 98.4 cm³/mol. The van der Waals surface area contributed by atoms with E-state index in [0.29, 0.717) is 29.5 Å². The molecule has 0 radical (unpaired) electrons. The minimum Gasteiger partial charge on any atom is -0.483 e. The molecule has 3 rings (SSSR count). The Labute approximate surface area is 159 Å². The van der Waals surface area contributed by atoms with Gasteiger partial charge in [0, 0.05) is 10.5 Å². The normalized spacial score (nSPS) is 15.9. The van der Waals surface area contributed by atoms with E-state index in [-0.39, 0.29) is 5.75 Å². The summed E-state index contributed by atoms with van der Waals surface area (Å²) in [6.07, 6.45) is -0.655. The zero-order valence-electron chi connectivity index (χ0n) is 14.7. The van der Waals surface area contributed by atoms with Crippen LogP contribution in [0.2, 0.25) is 0 Å². The third-order valence-electron chi connectivity index (χ3n) is 4.94. The number of carbonyl (C=O) groups is 1. The van der Waals surface area contributed by atoms with Crippen LogP contribution in [0.25, 0.3) is 11.1 Å². The van der Waals surface area contributed by atoms with Crippen LogP contribution in [0.4, 0.5) is 13.2 Å². The molecule has 0 bridgehead atoms. The first-order valence-electron chi connectivity index (χ1n) is 8.47. The molecule has 0 spiro atoms. The van der Waals surface area contributed by atoms with Crippen LogP contribution in [0.15, 0.2) is 47.4 Å². The van der Waals surface area contributed by atoms with E-state index >= 15 is 0 Å². The van der Waals surface area contributed by atoms with E-state index in [1.54, 1.807) is 36.0 Å². The summed E-state index contributed by atoms with van der Waals surface area (Å²) < 4.78 is 42.8. The second-order valence-corrected chi connectivity index (χ2v) is 7.46. The molecular formula is C20H19F3O3S. The van der Waals surface area contributed by atoms with Gasteiger partial charge in [0.15, 0.2) is 6.61 Å². The Morgan fingerprint density at radius 2 is 1.85 bits per heavy atom. The molecule has 0 atom stereocenters. The van der Waals surface area contributed by atoms with Gasteiger partial charge in [0.25, 0.3) is 0 Å². The highest BCUT2D eigenvalue weighted by molar-refractivity contribution is 7.98. The number of ether oxygens (including phenoxy) is 1. The summed E-state index contributed by atoms with van der Waals surface area (Å²) in [7, 11) is 0. The zero-order valence-corrected chi connectivity index (χ0v) is 15.5. The van der Waals surface area contributed by atoms with Crippen LogP contribution in [0.1, 0.15) is 24.8 Å². The topological polar surface area (TPSA) is 46.5 Å². The van der Waals surface area contributed by atoms with E-state index in [4.69, 9.17) is 4.74 Å². The number of alkyl halides is 3. The molecule has 0 saturated heterocycles. The summed E-state index contributed by atoms with van der Waals surface area (Å²) in [5, 5.41) is 9.66. The monoisotopic (exact) mass is 396 g/mol. The maximum absolute atomic E-state index is 12.6. The number of carboxylic acids is 1. The second-order valence-electron chi connectivity index (χ2n) is 6.58. The molecular weight excluding hydrogens is 377 g/mol. The van der Waals surface area contributed by atoms with Gasteiger partial charge in [0.2, 0.25) is 0 Å². The van der Waals surface area contributed by atoms with E-state index in [0.717, 1.165) is 11.3 Å². The molecule has 1 N–H and O–H groups in total. The molecule has 1 aliphatic rings. The fraction of sp³-hybridized carbons (Fsp3) is 0.350. The van der Waals surface area contributed by atoms with Crippen molar-refractivity contribution in [2.75, 3.05) is 12.9 Å². The highest BCUT2D eigenvalue weighted by atomic mass is 32.2. The second kappa shape index (κ2) is 7.46. The molecule has 7 heteroatoms. The molecule has 0 amide bonds. The molecule has 3 nitrogen and oxygen atoms in total. The molecule has 1 aliphatic carbocycles. The summed E-state index contributed by atoms with van der Waals surface area (Å²) >= 11 is 1.56. The lowest BCUT2D eigenvalue weighted by atomic mass is 9.64. The van der Waals surface area contributed by atoms with Crippen LogP contribution in [0.5, 0.6) is 5.75 Å². The van der Waals surface area contributed by atoms with Crippen LogP contribution < -0.4 is 4.74 Å². The van der Waals surface area contributed by atoms with Crippen molar-refractivity contribution in [3.05, 3.63) is 48.0 Å². The van der Waals surface area contributed by atoms with Crippen LogP contribution >= 0.6 is 11.8 Å². The highest BCUT2D eigenvalue weighted by Crippen LogP contribution is 2.46. The van der Waals surface area contributed by atoms with Crippen LogP contribution in [0, 0.1) is 0 Å². The lowest BCUT2D eigenvalue weighted by Crippen LogP contribution is -2.42. The third-order valence-corrected chi connectivity index (χ3v) is 5.68. The molecule has 1 fully saturated rings. The Hall–Kier alpha value is -2.15. The van der Waals surface area contributed by atoms with Crippen molar-refractivity contribution in [3.8, 4) is 16.9 Å². The Morgan fingerprint density at radius 1 is 1.19 bits per heavy atom. The SMILES string of the molecule is CSc1ccc(-c2cc(C3(C(=O)O)CCC3)ccc2OCC(F)(F)F)cc1. The van der Waals surface area contributed by atoms with Gasteiger partial charge in [0.1, 0.15) is 5.75 Å². The third kappa shape index (κ3) is 4.08. The zero-order chi connectivity index (χ0) is 19.7. The van der Waals surface area contributed by atoms with Crippen molar-refractivity contribution >= 4 is 17.7 Å². The molecule has 0 aliphatic heterocycles. The van der Waals surface area contributed by atoms with Crippen LogP contribution in [-0.4, -0.2) is 30.1 Å². The number of hydrogen-bond donors (Lipinski definition) is 1. The highest BCUT2D eigenvalue weighted by Gasteiger charge is 2.46. The first-order chi connectivity index (χ1) is 12.7. The van der Waals surface area contributed by atoms with Crippen molar-refractivity contribution in [1.29, 1.82) is 0 Å². The molecule has 1 saturated carbocycles. The van der Waals surface area contributed by atoms with Gasteiger partial charge in [-0.3, -0.25) is 4.79 Å². The molecule has 0 unspecified atom stereocenters. The van der Waals surface area contributed by atoms with Crippen molar-refractivity contribution in [2.45, 2.75) is 35.7 Å². The molecule has 2 aromatic carbocycles. The lowest BCUT2D eigenvalue weighted by Gasteiger charge is -2.38. The first-order valence-corrected chi connectivity index (χ1v) is 9.69. The number of benzene rings is 2. The fourth-order valence-electron chi connectivity index (χ4n) is 3.27. The van der Waals surface area contributed by atoms with E-state index in [9.17, 15) is 23.1 Å². The summed E-state index contributed by atoms with van der Waals surface area (Å²) in [5.41, 5.74) is 0.796. The number of aliphatic carboxylic acids is 1. The molecule has 27 heavy (non-hydrogen) atoms. The van der Waals surface area contributed by atoms with Gasteiger partial charge in [-0.1, -0.05) is 24.6 Å². The quantitative estimate of drug-likeness (QED) is 0.653. The van der Waals surface area contributed by atoms with E-state index in [1.165, 1.54) is 6.07 Å². The Bertz CT molecular complexity index is 827. The Morgan fingerprint density at radius 3 is 2.33 bits per heavy atom. The fourth-order valence-corrected chi connectivity index (χ4v) is 3.67. The largest absolute Gasteiger partial charge is 0.483 e. The standard InChI is InChI=1S/C20H19F3O3S/c1-27-15-6-3-13(4-7-15)16-11-14(19(18(24)25)9-2-10-19)5-8-17(16)26-12-20(21,22)23/h3-8,11H,2,9-10,12H2,1H3,(H,24,25). The summed E-state index contributed by atoms with van der Waals surface area (Å²) in [6.45, 7) is -1.40. The molecule has 144 valence electrons. The van der Waals surface area contributed by atoms with Crippen molar-refractivity contribution < 1.29 is 27.8 Å². The summed E-state index contributed by atoms with van der Waals surface area (Å²) in [6, 6.07) is 12.0. The minimum absolute atomic E-state index is 0.0906. The number of rotatable bonds is 6. The smallest absolute Gasteiger partial charge is 0.422 e. The minimum atomic E-state index is -4.45. The average Bonchev–Trinajstić information content (AvgIpc) is 2.58. The number of thioether (sulfide) groups is 1. The van der Waals surface area contributed by atoms with E-state index < -0.39 is 24.2 Å². The van der Waals surface area contributed by atoms with Gasteiger partial charge < -0.3 is 9.84 Å². The van der Waals surface area contributed by atoms with Crippen LogP contribution in [0.3, 0.4) is 0 Å². The molecule has 0 heterocycles.